The van der Waals surface area contributed by atoms with Crippen molar-refractivity contribution in [3.63, 3.8) is 0 Å². The molecular formula is C23H30N2O4. The third-order valence-electron chi connectivity index (χ3n) is 6.37. The first-order chi connectivity index (χ1) is 14.0. The maximum Gasteiger partial charge on any atom is 0.220 e. The molecule has 2 fully saturated rings. The van der Waals surface area contributed by atoms with Gasteiger partial charge in [0.2, 0.25) is 11.8 Å². The molecule has 2 heterocycles. The van der Waals surface area contributed by atoms with E-state index >= 15 is 0 Å². The number of carbonyl (C=O) groups excluding carboxylic acids is 4. The molecular weight excluding hydrogens is 368 g/mol. The Labute approximate surface area is 171 Å². The largest absolute Gasteiger partial charge is 0.346 e. The summed E-state index contributed by atoms with van der Waals surface area (Å²) in [7, 11) is 0. The van der Waals surface area contributed by atoms with E-state index in [1.54, 1.807) is 0 Å². The second-order valence-corrected chi connectivity index (χ2v) is 8.16. The highest BCUT2D eigenvalue weighted by Crippen LogP contribution is 2.37. The van der Waals surface area contributed by atoms with Crippen LogP contribution in [0.5, 0.6) is 0 Å². The van der Waals surface area contributed by atoms with Crippen LogP contribution >= 0.6 is 0 Å². The molecule has 0 bridgehead atoms. The average Bonchev–Trinajstić information content (AvgIpc) is 2.75. The molecule has 2 N–H and O–H groups in total. The Morgan fingerprint density at radius 1 is 0.966 bits per heavy atom. The van der Waals surface area contributed by atoms with Crippen molar-refractivity contribution in [2.75, 3.05) is 0 Å². The summed E-state index contributed by atoms with van der Waals surface area (Å²) in [6, 6.07) is 8.59. The van der Waals surface area contributed by atoms with Gasteiger partial charge in [0.1, 0.15) is 0 Å². The smallest absolute Gasteiger partial charge is 0.220 e. The van der Waals surface area contributed by atoms with Gasteiger partial charge in [-0.3, -0.25) is 19.2 Å². The molecule has 3 atom stereocenters. The van der Waals surface area contributed by atoms with Gasteiger partial charge in [-0.2, -0.15) is 0 Å². The first kappa shape index (κ1) is 21.2. The van der Waals surface area contributed by atoms with E-state index in [2.05, 4.69) is 10.6 Å². The quantitative estimate of drug-likeness (QED) is 0.704. The van der Waals surface area contributed by atoms with Gasteiger partial charge in [-0.15, -0.1) is 0 Å². The Balaban J connectivity index is 1.82. The Bertz CT molecular complexity index is 776. The van der Waals surface area contributed by atoms with Crippen LogP contribution in [0.4, 0.5) is 0 Å². The number of ketones is 2. The fraction of sp³-hybridized carbons (Fsp3) is 0.565. The lowest BCUT2D eigenvalue weighted by Crippen LogP contribution is -2.52. The van der Waals surface area contributed by atoms with E-state index in [1.165, 1.54) is 0 Å². The number of piperidine rings is 2. The van der Waals surface area contributed by atoms with Crippen LogP contribution in [-0.4, -0.2) is 35.5 Å². The normalized spacial score (nSPS) is 24.2. The molecule has 1 aromatic rings. The Hall–Kier alpha value is -2.50. The standard InChI is InChI=1S/C23H30N2O4/c1-2-23(16-8-4-3-5-9-16,22(29)18-11-7-13-21(28)25-18)15-14-19(26)17-10-6-12-20(27)24-17/h3-5,8-9,17-18H,2,6-7,10-15H2,1H3,(H,24,27)(H,25,28). The van der Waals surface area contributed by atoms with Crippen LogP contribution in [0, 0.1) is 0 Å². The molecule has 3 rings (SSSR count). The highest BCUT2D eigenvalue weighted by molar-refractivity contribution is 5.98. The van der Waals surface area contributed by atoms with Crippen molar-refractivity contribution >= 4 is 23.4 Å². The first-order valence-corrected chi connectivity index (χ1v) is 10.7. The summed E-state index contributed by atoms with van der Waals surface area (Å²) in [6.45, 7) is 1.96. The molecule has 3 unspecified atom stereocenters. The Morgan fingerprint density at radius 2 is 1.55 bits per heavy atom. The lowest BCUT2D eigenvalue weighted by molar-refractivity contribution is -0.134. The van der Waals surface area contributed by atoms with Crippen LogP contribution in [-0.2, 0) is 24.6 Å². The molecule has 2 aliphatic heterocycles. The zero-order valence-electron chi connectivity index (χ0n) is 17.0. The molecule has 156 valence electrons. The van der Waals surface area contributed by atoms with Crippen LogP contribution in [0.3, 0.4) is 0 Å². The van der Waals surface area contributed by atoms with Gasteiger partial charge in [-0.1, -0.05) is 37.3 Å². The van der Waals surface area contributed by atoms with E-state index in [0.717, 1.165) is 5.56 Å². The van der Waals surface area contributed by atoms with E-state index in [1.807, 2.05) is 37.3 Å². The fourth-order valence-corrected chi connectivity index (χ4v) is 4.62. The second-order valence-electron chi connectivity index (χ2n) is 8.16. The maximum atomic E-state index is 13.6. The van der Waals surface area contributed by atoms with Crippen LogP contribution in [0.25, 0.3) is 0 Å². The summed E-state index contributed by atoms with van der Waals surface area (Å²) in [5.74, 6) is -0.207. The summed E-state index contributed by atoms with van der Waals surface area (Å²) in [6.07, 6.45) is 4.77. The average molecular weight is 399 g/mol. The van der Waals surface area contributed by atoms with Crippen LogP contribution in [0.1, 0.15) is 70.3 Å². The van der Waals surface area contributed by atoms with Gasteiger partial charge >= 0.3 is 0 Å². The lowest BCUT2D eigenvalue weighted by Gasteiger charge is -2.37. The minimum atomic E-state index is -0.828. The van der Waals surface area contributed by atoms with E-state index in [4.69, 9.17) is 0 Å². The van der Waals surface area contributed by atoms with E-state index in [0.29, 0.717) is 51.4 Å². The topological polar surface area (TPSA) is 92.3 Å². The number of hydrogen-bond acceptors (Lipinski definition) is 4. The summed E-state index contributed by atoms with van der Waals surface area (Å²) < 4.78 is 0. The van der Waals surface area contributed by atoms with Gasteiger partial charge in [0.05, 0.1) is 17.5 Å². The van der Waals surface area contributed by atoms with E-state index in [-0.39, 0.29) is 29.8 Å². The van der Waals surface area contributed by atoms with Crippen molar-refractivity contribution in [3.8, 4) is 0 Å². The SMILES string of the molecule is CCC(CCC(=O)C1CCCC(=O)N1)(C(=O)C1CCCC(=O)N1)c1ccccc1. The van der Waals surface area contributed by atoms with Gasteiger partial charge in [0.25, 0.3) is 0 Å². The van der Waals surface area contributed by atoms with Crippen molar-refractivity contribution in [2.45, 2.75) is 82.2 Å². The second kappa shape index (κ2) is 9.33. The number of carbonyl (C=O) groups is 4. The van der Waals surface area contributed by atoms with Crippen molar-refractivity contribution in [3.05, 3.63) is 35.9 Å². The van der Waals surface area contributed by atoms with Gasteiger partial charge in [0, 0.05) is 19.3 Å². The number of amides is 2. The van der Waals surface area contributed by atoms with E-state index < -0.39 is 17.5 Å². The van der Waals surface area contributed by atoms with E-state index in [9.17, 15) is 19.2 Å². The van der Waals surface area contributed by atoms with Gasteiger partial charge in [0.15, 0.2) is 11.6 Å². The van der Waals surface area contributed by atoms with Crippen LogP contribution in [0.2, 0.25) is 0 Å². The predicted molar refractivity (Wildman–Crippen MR) is 109 cm³/mol. The fourth-order valence-electron chi connectivity index (χ4n) is 4.62. The van der Waals surface area contributed by atoms with Crippen molar-refractivity contribution in [2.24, 2.45) is 0 Å². The van der Waals surface area contributed by atoms with Gasteiger partial charge < -0.3 is 10.6 Å². The molecule has 6 heteroatoms. The number of benzene rings is 1. The number of rotatable bonds is 8. The molecule has 6 nitrogen and oxygen atoms in total. The molecule has 0 saturated carbocycles. The molecule has 29 heavy (non-hydrogen) atoms. The monoisotopic (exact) mass is 398 g/mol. The summed E-state index contributed by atoms with van der Waals surface area (Å²) >= 11 is 0. The van der Waals surface area contributed by atoms with Gasteiger partial charge in [-0.25, -0.2) is 0 Å². The number of hydrogen-bond donors (Lipinski definition) is 2. The molecule has 0 aromatic heterocycles. The zero-order valence-corrected chi connectivity index (χ0v) is 17.0. The highest BCUT2D eigenvalue weighted by Gasteiger charge is 2.43. The zero-order chi connectivity index (χ0) is 20.9. The third-order valence-corrected chi connectivity index (χ3v) is 6.37. The Kier molecular flexibility index (Phi) is 6.83. The maximum absolute atomic E-state index is 13.6. The van der Waals surface area contributed by atoms with Gasteiger partial charge in [-0.05, 0) is 44.1 Å². The van der Waals surface area contributed by atoms with Crippen molar-refractivity contribution in [1.29, 1.82) is 0 Å². The lowest BCUT2D eigenvalue weighted by atomic mass is 9.68. The van der Waals surface area contributed by atoms with Crippen LogP contribution in [0.15, 0.2) is 30.3 Å². The number of nitrogens with one attached hydrogen (secondary N) is 2. The molecule has 2 aliphatic rings. The van der Waals surface area contributed by atoms with Crippen molar-refractivity contribution < 1.29 is 19.2 Å². The minimum Gasteiger partial charge on any atom is -0.346 e. The van der Waals surface area contributed by atoms with Crippen molar-refractivity contribution in [1.82, 2.24) is 10.6 Å². The predicted octanol–water partition coefficient (Wildman–Crippen LogP) is 2.59. The molecule has 2 saturated heterocycles. The molecule has 2 amide bonds. The highest BCUT2D eigenvalue weighted by atomic mass is 16.2. The first-order valence-electron chi connectivity index (χ1n) is 10.7. The van der Waals surface area contributed by atoms with Crippen LogP contribution < -0.4 is 10.6 Å². The molecule has 1 aromatic carbocycles. The molecule has 0 spiro atoms. The molecule has 0 aliphatic carbocycles. The Morgan fingerprint density at radius 3 is 2.14 bits per heavy atom. The molecule has 0 radical (unpaired) electrons. The summed E-state index contributed by atoms with van der Waals surface area (Å²) in [5, 5.41) is 5.63. The summed E-state index contributed by atoms with van der Waals surface area (Å²) in [5.41, 5.74) is 0.0537. The summed E-state index contributed by atoms with van der Waals surface area (Å²) in [4.78, 5) is 50.0. The minimum absolute atomic E-state index is 0.0141. The third kappa shape index (κ3) is 4.74. The number of Topliss-reactive ketones (excluding diaryl/α,β-unsaturated/α-hetero) is 2.